The summed E-state index contributed by atoms with van der Waals surface area (Å²) in [6.45, 7) is 3.25. The van der Waals surface area contributed by atoms with Crippen molar-refractivity contribution in [3.8, 4) is 5.88 Å². The van der Waals surface area contributed by atoms with Crippen molar-refractivity contribution in [2.75, 3.05) is 19.8 Å². The number of rotatable bonds is 3. The molecule has 1 amide bonds. The zero-order valence-corrected chi connectivity index (χ0v) is 12.3. The normalized spacial score (nSPS) is 22.5. The van der Waals surface area contributed by atoms with E-state index in [0.29, 0.717) is 18.7 Å². The molecule has 22 heavy (non-hydrogen) atoms. The predicted molar refractivity (Wildman–Crippen MR) is 71.7 cm³/mol. The minimum atomic E-state index is -4.42. The van der Waals surface area contributed by atoms with Gasteiger partial charge in [0.25, 0.3) is 5.91 Å². The van der Waals surface area contributed by atoms with Gasteiger partial charge >= 0.3 is 6.18 Å². The van der Waals surface area contributed by atoms with Crippen LogP contribution in [0.25, 0.3) is 0 Å². The summed E-state index contributed by atoms with van der Waals surface area (Å²) >= 11 is 0. The third-order valence-electron chi connectivity index (χ3n) is 3.24. The molecule has 2 heterocycles. The van der Waals surface area contributed by atoms with Crippen LogP contribution in [0.4, 0.5) is 13.2 Å². The van der Waals surface area contributed by atoms with Crippen molar-refractivity contribution in [2.24, 2.45) is 0 Å². The van der Waals surface area contributed by atoms with Gasteiger partial charge in [-0.15, -0.1) is 0 Å². The minimum Gasteiger partial charge on any atom is -0.468 e. The number of hydrogen-bond acceptors (Lipinski definition) is 4. The maximum Gasteiger partial charge on any atom is 0.422 e. The number of alkyl halides is 3. The topological polar surface area (TPSA) is 51.7 Å². The first kappa shape index (κ1) is 16.5. The van der Waals surface area contributed by atoms with E-state index in [1.807, 2.05) is 13.8 Å². The Morgan fingerprint density at radius 2 is 2.18 bits per heavy atom. The molecule has 0 aliphatic carbocycles. The number of ether oxygens (including phenoxy) is 2. The highest BCUT2D eigenvalue weighted by Gasteiger charge is 2.30. The van der Waals surface area contributed by atoms with Crippen molar-refractivity contribution < 1.29 is 27.4 Å². The molecule has 1 aromatic rings. The highest BCUT2D eigenvalue weighted by atomic mass is 19.4. The van der Waals surface area contributed by atoms with Crippen LogP contribution < -0.4 is 4.74 Å². The van der Waals surface area contributed by atoms with E-state index >= 15 is 0 Å². The Hall–Kier alpha value is -1.83. The first-order valence-corrected chi connectivity index (χ1v) is 6.84. The fraction of sp³-hybridized carbons (Fsp3) is 0.571. The van der Waals surface area contributed by atoms with E-state index in [1.165, 1.54) is 18.3 Å². The van der Waals surface area contributed by atoms with Crippen molar-refractivity contribution in [1.29, 1.82) is 0 Å². The summed E-state index contributed by atoms with van der Waals surface area (Å²) in [5.41, 5.74) is 0.306. The van der Waals surface area contributed by atoms with Gasteiger partial charge in [-0.05, 0) is 19.9 Å². The average molecular weight is 318 g/mol. The Morgan fingerprint density at radius 1 is 1.45 bits per heavy atom. The second-order valence-electron chi connectivity index (χ2n) is 5.24. The number of halogens is 3. The lowest BCUT2D eigenvalue weighted by Crippen LogP contribution is -2.50. The highest BCUT2D eigenvalue weighted by Crippen LogP contribution is 2.19. The standard InChI is InChI=1S/C14H17F3N2O3/c1-9-7-21-10(2)6-19(9)13(20)11-3-4-12(18-5-11)22-8-14(15,16)17/h3-5,9-10H,6-8H2,1-2H3/t9-,10-/m0/s1. The summed E-state index contributed by atoms with van der Waals surface area (Å²) in [6.07, 6.45) is -3.25. The van der Waals surface area contributed by atoms with Gasteiger partial charge < -0.3 is 14.4 Å². The molecule has 1 aliphatic heterocycles. The number of amides is 1. The number of morpholine rings is 1. The maximum absolute atomic E-state index is 12.4. The van der Waals surface area contributed by atoms with Gasteiger partial charge in [-0.1, -0.05) is 0 Å². The Balaban J connectivity index is 2.01. The molecule has 0 radical (unpaired) electrons. The third-order valence-corrected chi connectivity index (χ3v) is 3.24. The molecule has 0 bridgehead atoms. The smallest absolute Gasteiger partial charge is 0.422 e. The van der Waals surface area contributed by atoms with Gasteiger partial charge in [0, 0.05) is 18.8 Å². The van der Waals surface area contributed by atoms with Crippen LogP contribution in [-0.4, -0.2) is 53.9 Å². The van der Waals surface area contributed by atoms with E-state index in [2.05, 4.69) is 9.72 Å². The van der Waals surface area contributed by atoms with Gasteiger partial charge in [-0.25, -0.2) is 4.98 Å². The van der Waals surface area contributed by atoms with Crippen LogP contribution in [0.1, 0.15) is 24.2 Å². The average Bonchev–Trinajstić information content (AvgIpc) is 2.47. The molecule has 0 aromatic carbocycles. The SMILES string of the molecule is C[C@H]1CN(C(=O)c2ccc(OCC(F)(F)F)nc2)[C@@H](C)CO1. The van der Waals surface area contributed by atoms with Crippen LogP contribution in [0.2, 0.25) is 0 Å². The second-order valence-corrected chi connectivity index (χ2v) is 5.24. The van der Waals surface area contributed by atoms with Crippen LogP contribution in [0.5, 0.6) is 5.88 Å². The molecule has 0 saturated carbocycles. The summed E-state index contributed by atoms with van der Waals surface area (Å²) in [4.78, 5) is 17.8. The molecule has 1 saturated heterocycles. The molecular formula is C14H17F3N2O3. The molecule has 8 heteroatoms. The molecule has 0 unspecified atom stereocenters. The van der Waals surface area contributed by atoms with Crippen molar-refractivity contribution in [2.45, 2.75) is 32.2 Å². The van der Waals surface area contributed by atoms with E-state index in [1.54, 1.807) is 4.90 Å². The van der Waals surface area contributed by atoms with Gasteiger partial charge in [0.05, 0.1) is 24.3 Å². The molecule has 2 rings (SSSR count). The zero-order valence-electron chi connectivity index (χ0n) is 12.3. The van der Waals surface area contributed by atoms with Crippen molar-refractivity contribution in [3.05, 3.63) is 23.9 Å². The minimum absolute atomic E-state index is 0.0532. The molecule has 5 nitrogen and oxygen atoms in total. The number of nitrogens with zero attached hydrogens (tertiary/aromatic N) is 2. The van der Waals surface area contributed by atoms with Crippen LogP contribution in [0, 0.1) is 0 Å². The molecule has 2 atom stereocenters. The number of aromatic nitrogens is 1. The van der Waals surface area contributed by atoms with Crippen molar-refractivity contribution >= 4 is 5.91 Å². The third kappa shape index (κ3) is 4.33. The molecular weight excluding hydrogens is 301 g/mol. The molecule has 1 aliphatic rings. The fourth-order valence-electron chi connectivity index (χ4n) is 2.10. The number of hydrogen-bond donors (Lipinski definition) is 0. The van der Waals surface area contributed by atoms with E-state index in [-0.39, 0.29) is 23.9 Å². The van der Waals surface area contributed by atoms with Crippen molar-refractivity contribution in [1.82, 2.24) is 9.88 Å². The number of carbonyl (C=O) groups excluding carboxylic acids is 1. The van der Waals surface area contributed by atoms with Gasteiger partial charge in [0.15, 0.2) is 6.61 Å². The summed E-state index contributed by atoms with van der Waals surface area (Å²) in [7, 11) is 0. The highest BCUT2D eigenvalue weighted by molar-refractivity contribution is 5.94. The summed E-state index contributed by atoms with van der Waals surface area (Å²) in [6, 6.07) is 2.60. The monoisotopic (exact) mass is 318 g/mol. The summed E-state index contributed by atoms with van der Waals surface area (Å²) in [5, 5.41) is 0. The van der Waals surface area contributed by atoms with Crippen LogP contribution in [0.15, 0.2) is 18.3 Å². The quantitative estimate of drug-likeness (QED) is 0.858. The first-order chi connectivity index (χ1) is 10.3. The van der Waals surface area contributed by atoms with Gasteiger partial charge in [0.1, 0.15) is 0 Å². The van der Waals surface area contributed by atoms with Gasteiger partial charge in [-0.3, -0.25) is 4.79 Å². The molecule has 0 N–H and O–H groups in total. The van der Waals surface area contributed by atoms with E-state index in [4.69, 9.17) is 4.74 Å². The second kappa shape index (κ2) is 6.51. The first-order valence-electron chi connectivity index (χ1n) is 6.84. The lowest BCUT2D eigenvalue weighted by molar-refractivity contribution is -0.154. The molecule has 1 aromatic heterocycles. The van der Waals surface area contributed by atoms with Gasteiger partial charge in [-0.2, -0.15) is 13.2 Å². The predicted octanol–water partition coefficient (Wildman–Crippen LogP) is 2.27. The Kier molecular flexibility index (Phi) is 4.90. The number of carbonyl (C=O) groups is 1. The molecule has 0 spiro atoms. The van der Waals surface area contributed by atoms with Gasteiger partial charge in [0.2, 0.25) is 5.88 Å². The van der Waals surface area contributed by atoms with Crippen molar-refractivity contribution in [3.63, 3.8) is 0 Å². The zero-order chi connectivity index (χ0) is 16.3. The Labute approximate surface area is 126 Å². The largest absolute Gasteiger partial charge is 0.468 e. The van der Waals surface area contributed by atoms with Crippen LogP contribution >= 0.6 is 0 Å². The van der Waals surface area contributed by atoms with Crippen LogP contribution in [0.3, 0.4) is 0 Å². The fourth-order valence-corrected chi connectivity index (χ4v) is 2.10. The summed E-state index contributed by atoms with van der Waals surface area (Å²) < 4.78 is 46.1. The summed E-state index contributed by atoms with van der Waals surface area (Å²) in [5.74, 6) is -0.394. The number of pyridine rings is 1. The van der Waals surface area contributed by atoms with E-state index in [9.17, 15) is 18.0 Å². The lowest BCUT2D eigenvalue weighted by Gasteiger charge is -2.36. The van der Waals surface area contributed by atoms with Crippen LogP contribution in [-0.2, 0) is 4.74 Å². The molecule has 1 fully saturated rings. The van der Waals surface area contributed by atoms with E-state index < -0.39 is 12.8 Å². The lowest BCUT2D eigenvalue weighted by atomic mass is 10.1. The Bertz CT molecular complexity index is 519. The Morgan fingerprint density at radius 3 is 2.77 bits per heavy atom. The molecule has 122 valence electrons. The van der Waals surface area contributed by atoms with E-state index in [0.717, 1.165) is 0 Å². The maximum atomic E-state index is 12.4.